The monoisotopic (exact) mass is 837 g/mol. The van der Waals surface area contributed by atoms with Crippen molar-refractivity contribution in [2.45, 2.75) is 235 Å². The van der Waals surface area contributed by atoms with E-state index in [0.29, 0.717) is 12.8 Å². The zero-order chi connectivity index (χ0) is 42.5. The zero-order valence-electron chi connectivity index (χ0n) is 35.5. The lowest BCUT2D eigenvalue weighted by molar-refractivity contribution is -0.332. The van der Waals surface area contributed by atoms with Gasteiger partial charge in [0.1, 0.15) is 55.4 Å². The molecule has 11 atom stereocenters. The van der Waals surface area contributed by atoms with Crippen molar-refractivity contribution in [2.75, 3.05) is 26.4 Å². The predicted octanol–water partition coefficient (Wildman–Crippen LogP) is 4.48. The minimum atomic E-state index is -1.76. The number of rotatable bonds is 34. The molecule has 2 rings (SSSR count). The van der Waals surface area contributed by atoms with E-state index in [0.717, 1.165) is 38.5 Å². The molecule has 0 aliphatic carbocycles. The molecule has 0 aromatic rings. The van der Waals surface area contributed by atoms with Gasteiger partial charge in [0.25, 0.3) is 0 Å². The molecule has 58 heavy (non-hydrogen) atoms. The highest BCUT2D eigenvalue weighted by Crippen LogP contribution is 2.26. The van der Waals surface area contributed by atoms with Gasteiger partial charge < -0.3 is 64.2 Å². The minimum absolute atomic E-state index is 0.171. The summed E-state index contributed by atoms with van der Waals surface area (Å²) in [5.74, 6) is -0.920. The average molecular weight is 837 g/mol. The lowest BCUT2D eigenvalue weighted by atomic mass is 9.98. The Labute approximate surface area is 347 Å². The molecular formula is C43H80O15. The van der Waals surface area contributed by atoms with Crippen LogP contribution in [0.4, 0.5) is 0 Å². The Kier molecular flexibility index (Phi) is 29.3. The minimum Gasteiger partial charge on any atom is -0.462 e. The maximum absolute atomic E-state index is 12.9. The van der Waals surface area contributed by atoms with Gasteiger partial charge >= 0.3 is 11.9 Å². The van der Waals surface area contributed by atoms with Crippen LogP contribution in [0.3, 0.4) is 0 Å². The van der Waals surface area contributed by atoms with Crippen molar-refractivity contribution in [3.8, 4) is 0 Å². The molecular weight excluding hydrogens is 756 g/mol. The van der Waals surface area contributed by atoms with E-state index in [-0.39, 0.29) is 26.1 Å². The van der Waals surface area contributed by atoms with Gasteiger partial charge in [-0.05, 0) is 12.8 Å². The summed E-state index contributed by atoms with van der Waals surface area (Å²) in [7, 11) is 0. The van der Waals surface area contributed by atoms with E-state index in [2.05, 4.69) is 13.8 Å². The van der Waals surface area contributed by atoms with Gasteiger partial charge in [-0.3, -0.25) is 9.59 Å². The first-order valence-electron chi connectivity index (χ1n) is 22.6. The van der Waals surface area contributed by atoms with E-state index in [9.17, 15) is 45.3 Å². The van der Waals surface area contributed by atoms with Crippen molar-refractivity contribution in [3.05, 3.63) is 0 Å². The van der Waals surface area contributed by atoms with Crippen LogP contribution in [0.1, 0.15) is 168 Å². The summed E-state index contributed by atoms with van der Waals surface area (Å²) in [5, 5.41) is 71.7. The van der Waals surface area contributed by atoms with Gasteiger partial charge in [-0.25, -0.2) is 0 Å². The third-order valence-electron chi connectivity index (χ3n) is 11.1. The quantitative estimate of drug-likeness (QED) is 0.0350. The normalized spacial score (nSPS) is 28.0. The first-order chi connectivity index (χ1) is 28.0. The number of carbonyl (C=O) groups excluding carboxylic acids is 2. The third kappa shape index (κ3) is 21.3. The van der Waals surface area contributed by atoms with Crippen molar-refractivity contribution in [2.24, 2.45) is 0 Å². The van der Waals surface area contributed by atoms with E-state index in [1.54, 1.807) is 0 Å². The highest BCUT2D eigenvalue weighted by Gasteiger charge is 2.47. The maximum atomic E-state index is 12.9. The van der Waals surface area contributed by atoms with Crippen LogP contribution < -0.4 is 0 Å². The molecule has 4 unspecified atom stereocenters. The Morgan fingerprint density at radius 2 is 0.879 bits per heavy atom. The summed E-state index contributed by atoms with van der Waals surface area (Å²) >= 11 is 0. The number of hydrogen-bond donors (Lipinski definition) is 7. The lowest BCUT2D eigenvalue weighted by Gasteiger charge is -2.42. The van der Waals surface area contributed by atoms with Crippen LogP contribution in [0.25, 0.3) is 0 Å². The number of aliphatic hydroxyl groups is 7. The van der Waals surface area contributed by atoms with Crippen LogP contribution in [0.15, 0.2) is 0 Å². The molecule has 7 N–H and O–H groups in total. The van der Waals surface area contributed by atoms with Crippen molar-refractivity contribution >= 4 is 11.9 Å². The first kappa shape index (κ1) is 52.6. The molecule has 2 heterocycles. The molecule has 2 fully saturated rings. The second-order valence-electron chi connectivity index (χ2n) is 16.2. The van der Waals surface area contributed by atoms with Crippen LogP contribution in [0.2, 0.25) is 0 Å². The molecule has 2 aliphatic heterocycles. The smallest absolute Gasteiger partial charge is 0.306 e. The number of ether oxygens (including phenoxy) is 6. The molecule has 2 aliphatic rings. The van der Waals surface area contributed by atoms with E-state index >= 15 is 0 Å². The highest BCUT2D eigenvalue weighted by molar-refractivity contribution is 5.70. The molecule has 0 saturated carbocycles. The van der Waals surface area contributed by atoms with Gasteiger partial charge in [0.15, 0.2) is 18.7 Å². The molecule has 0 aromatic heterocycles. The summed E-state index contributed by atoms with van der Waals surface area (Å²) in [4.78, 5) is 25.5. The molecule has 0 amide bonds. The Bertz CT molecular complexity index is 1030. The van der Waals surface area contributed by atoms with E-state index in [1.807, 2.05) is 0 Å². The summed E-state index contributed by atoms with van der Waals surface area (Å²) in [6.07, 6.45) is 8.74. The van der Waals surface area contributed by atoms with Crippen LogP contribution in [0, 0.1) is 0 Å². The predicted molar refractivity (Wildman–Crippen MR) is 215 cm³/mol. The summed E-state index contributed by atoms with van der Waals surface area (Å²) in [5.41, 5.74) is 0. The van der Waals surface area contributed by atoms with E-state index in [4.69, 9.17) is 28.4 Å². The Morgan fingerprint density at radius 3 is 1.34 bits per heavy atom. The van der Waals surface area contributed by atoms with E-state index in [1.165, 1.54) is 89.9 Å². The van der Waals surface area contributed by atoms with Gasteiger partial charge in [-0.1, -0.05) is 142 Å². The number of unbranched alkanes of at least 4 members (excludes halogenated alkanes) is 20. The highest BCUT2D eigenvalue weighted by atomic mass is 16.7. The first-order valence-corrected chi connectivity index (χ1v) is 22.6. The fraction of sp³-hybridized carbons (Fsp3) is 0.953. The summed E-state index contributed by atoms with van der Waals surface area (Å²) in [6, 6.07) is 0. The Morgan fingerprint density at radius 1 is 0.483 bits per heavy atom. The maximum Gasteiger partial charge on any atom is 0.306 e. The molecule has 2 saturated heterocycles. The second-order valence-corrected chi connectivity index (χ2v) is 16.2. The van der Waals surface area contributed by atoms with Crippen LogP contribution in [-0.2, 0) is 38.0 Å². The van der Waals surface area contributed by atoms with Crippen LogP contribution in [-0.4, -0.2) is 142 Å². The fourth-order valence-electron chi connectivity index (χ4n) is 7.28. The fourth-order valence-corrected chi connectivity index (χ4v) is 7.28. The third-order valence-corrected chi connectivity index (χ3v) is 11.1. The number of aliphatic hydroxyl groups excluding tert-OH is 7. The number of carbonyl (C=O) groups is 2. The van der Waals surface area contributed by atoms with Crippen molar-refractivity contribution in [3.63, 3.8) is 0 Å². The van der Waals surface area contributed by atoms with Gasteiger partial charge in [-0.15, -0.1) is 0 Å². The van der Waals surface area contributed by atoms with Crippen molar-refractivity contribution < 1.29 is 73.8 Å². The van der Waals surface area contributed by atoms with Gasteiger partial charge in [0.2, 0.25) is 0 Å². The topological polar surface area (TPSA) is 231 Å². The molecule has 0 spiro atoms. The molecule has 0 radical (unpaired) electrons. The lowest BCUT2D eigenvalue weighted by Crippen LogP contribution is -2.61. The van der Waals surface area contributed by atoms with Gasteiger partial charge in [0.05, 0.1) is 19.8 Å². The Balaban J connectivity index is 1.85. The average Bonchev–Trinajstić information content (AvgIpc) is 3.21. The summed E-state index contributed by atoms with van der Waals surface area (Å²) in [6.45, 7) is 2.55. The number of hydrogen-bond acceptors (Lipinski definition) is 15. The molecule has 0 bridgehead atoms. The molecule has 15 heteroatoms. The molecule has 0 aromatic carbocycles. The van der Waals surface area contributed by atoms with Crippen LogP contribution >= 0.6 is 0 Å². The second kappa shape index (κ2) is 32.2. The standard InChI is InChI=1S/C43H80O15/c1-3-5-7-9-11-13-14-15-16-18-19-21-23-25-34(45)53-28-31(56-35(46)26-24-22-20-17-12-10-8-6-4-2)29-54-42-41(52)39(50)37(48)33(58-42)30-55-43-40(51)38(49)36(47)32(27-44)57-43/h31-33,36-44,47-52H,3-30H2,1-2H3/t31-,32-,33-,36+,37+,38?,39?,40?,41?,42-,43-/m1/s1. The van der Waals surface area contributed by atoms with Crippen molar-refractivity contribution in [1.82, 2.24) is 0 Å². The van der Waals surface area contributed by atoms with Gasteiger partial charge in [0, 0.05) is 12.8 Å². The molecule has 15 nitrogen and oxygen atoms in total. The molecule has 342 valence electrons. The SMILES string of the molecule is CCCCCCCCCCCCCCCC(=O)OC[C@H](CO[C@@H]1O[C@H](CO[C@@H]2O[C@H](CO)[C@H](O)C(O)C2O)[C@H](O)C(O)C1O)OC(=O)CCCCCCCCCCC. The zero-order valence-corrected chi connectivity index (χ0v) is 35.5. The van der Waals surface area contributed by atoms with Crippen molar-refractivity contribution in [1.29, 1.82) is 0 Å². The van der Waals surface area contributed by atoms with E-state index < -0.39 is 92.7 Å². The van der Waals surface area contributed by atoms with Crippen LogP contribution in [0.5, 0.6) is 0 Å². The largest absolute Gasteiger partial charge is 0.462 e. The summed E-state index contributed by atoms with van der Waals surface area (Å²) < 4.78 is 33.4. The number of esters is 2. The van der Waals surface area contributed by atoms with Gasteiger partial charge in [-0.2, -0.15) is 0 Å². The Hall–Kier alpha value is -1.50.